The molecular formula is C64H66N6O18. The SMILES string of the molecule is CC(=O)Oc1ccc2c(c1)oc(=O)c1cc(C(=O)NCCN3CCOCC3)ccc12.CC(=O)Oc1ccc2c(c1)oc(=O)c1cc(C(=O)O)ccc12.NCCN1CCOCC1.O=C(NCCN1CCOCC1)c1ccc2c(c1)c(=O)oc1cc(O)ccc12. The van der Waals surface area contributed by atoms with Gasteiger partial charge >= 0.3 is 34.8 Å². The molecule has 6 heterocycles. The summed E-state index contributed by atoms with van der Waals surface area (Å²) >= 11 is 0. The predicted molar refractivity (Wildman–Crippen MR) is 327 cm³/mol. The van der Waals surface area contributed by atoms with Crippen molar-refractivity contribution in [3.8, 4) is 17.2 Å². The van der Waals surface area contributed by atoms with Gasteiger partial charge in [-0.05, 0) is 89.0 Å². The lowest BCUT2D eigenvalue weighted by molar-refractivity contribution is -0.132. The Bertz CT molecular complexity index is 4220. The first-order valence-corrected chi connectivity index (χ1v) is 28.5. The summed E-state index contributed by atoms with van der Waals surface area (Å²) in [6.45, 7) is 17.1. The van der Waals surface area contributed by atoms with E-state index >= 15 is 0 Å². The molecular weight excluding hydrogens is 1140 g/mol. The van der Waals surface area contributed by atoms with E-state index in [4.69, 9.17) is 47.8 Å². The lowest BCUT2D eigenvalue weighted by atomic mass is 10.0. The summed E-state index contributed by atoms with van der Waals surface area (Å²) in [5.74, 6) is -1.92. The van der Waals surface area contributed by atoms with Crippen LogP contribution in [0.5, 0.6) is 17.2 Å². The van der Waals surface area contributed by atoms with Crippen molar-refractivity contribution in [3.05, 3.63) is 157 Å². The van der Waals surface area contributed by atoms with Gasteiger partial charge in [0, 0.05) is 138 Å². The molecule has 3 aromatic heterocycles. The minimum absolute atomic E-state index is 0.00989. The molecule has 0 unspecified atom stereocenters. The van der Waals surface area contributed by atoms with Gasteiger partial charge in [0.1, 0.15) is 34.0 Å². The number of ether oxygens (including phenoxy) is 5. The third-order valence-electron chi connectivity index (χ3n) is 14.5. The summed E-state index contributed by atoms with van der Waals surface area (Å²) in [5, 5.41) is 29.1. The summed E-state index contributed by atoms with van der Waals surface area (Å²) in [4.78, 5) is 102. The molecule has 460 valence electrons. The Morgan fingerprint density at radius 2 is 0.795 bits per heavy atom. The molecule has 0 saturated carbocycles. The molecule has 6 N–H and O–H groups in total. The minimum atomic E-state index is -1.12. The molecule has 0 radical (unpaired) electrons. The summed E-state index contributed by atoms with van der Waals surface area (Å²) < 4.78 is 41.6. The molecule has 9 aromatic rings. The molecule has 3 fully saturated rings. The van der Waals surface area contributed by atoms with E-state index < -0.39 is 34.8 Å². The summed E-state index contributed by atoms with van der Waals surface area (Å²) in [6.07, 6.45) is 0. The van der Waals surface area contributed by atoms with Gasteiger partial charge < -0.3 is 63.5 Å². The number of aromatic hydroxyl groups is 1. The fraction of sp³-hybridized carbons (Fsp3) is 0.312. The highest BCUT2D eigenvalue weighted by Gasteiger charge is 2.18. The van der Waals surface area contributed by atoms with Crippen LogP contribution in [0, 0.1) is 0 Å². The smallest absolute Gasteiger partial charge is 0.344 e. The number of aromatic carboxylic acids is 1. The van der Waals surface area contributed by atoms with Crippen molar-refractivity contribution >= 4 is 94.9 Å². The second kappa shape index (κ2) is 29.8. The van der Waals surface area contributed by atoms with Gasteiger partial charge in [-0.25, -0.2) is 19.2 Å². The van der Waals surface area contributed by atoms with Crippen molar-refractivity contribution in [2.75, 3.05) is 118 Å². The molecule has 3 aliphatic rings. The van der Waals surface area contributed by atoms with Crippen LogP contribution in [-0.2, 0) is 23.8 Å². The lowest BCUT2D eigenvalue weighted by Gasteiger charge is -2.26. The van der Waals surface area contributed by atoms with Crippen molar-refractivity contribution in [1.82, 2.24) is 25.3 Å². The Balaban J connectivity index is 0.000000148. The molecule has 6 aromatic carbocycles. The monoisotopic (exact) mass is 1210 g/mol. The zero-order valence-electron chi connectivity index (χ0n) is 48.5. The zero-order valence-corrected chi connectivity index (χ0v) is 48.5. The van der Waals surface area contributed by atoms with Gasteiger partial charge in [-0.3, -0.25) is 33.9 Å². The van der Waals surface area contributed by atoms with Crippen LogP contribution in [0.1, 0.15) is 44.9 Å². The third-order valence-corrected chi connectivity index (χ3v) is 14.5. The van der Waals surface area contributed by atoms with Crippen LogP contribution < -0.4 is 42.7 Å². The van der Waals surface area contributed by atoms with Crippen LogP contribution in [0.3, 0.4) is 0 Å². The van der Waals surface area contributed by atoms with Crippen LogP contribution in [0.4, 0.5) is 0 Å². The molecule has 2 amide bonds. The number of esters is 2. The molecule has 3 saturated heterocycles. The standard InChI is InChI=1S/C22H22N2O6.C20H20N2O5.C16H10O6.C6H14N2O/c1-14(25)29-16-3-5-18-17-4-2-15(12-19(17)22(27)30-20(18)13-16)21(26)23-6-7-24-8-10-28-11-9-24;23-14-2-4-16-15-3-1-13(11-17(15)20(25)27-18(16)12-14)19(24)21-5-6-22-7-9-26-10-8-22;1-8(17)21-10-3-5-12-11-4-2-9(15(18)19)6-13(11)16(20)22-14(12)7-10;7-1-2-8-3-5-9-6-4-8/h2-5,12-13H,6-11H2,1H3,(H,23,26);1-4,11-12,23H,5-10H2,(H,21,24);2-7H,1H3,(H,18,19);1-7H2. The van der Waals surface area contributed by atoms with E-state index in [1.807, 2.05) is 0 Å². The Morgan fingerprint density at radius 3 is 1.17 bits per heavy atom. The van der Waals surface area contributed by atoms with Crippen LogP contribution in [-0.4, -0.2) is 173 Å². The number of rotatable bonds is 13. The van der Waals surface area contributed by atoms with E-state index in [0.717, 1.165) is 91.9 Å². The van der Waals surface area contributed by atoms with Crippen molar-refractivity contribution in [3.63, 3.8) is 0 Å². The van der Waals surface area contributed by atoms with E-state index in [9.17, 15) is 43.5 Å². The average Bonchev–Trinajstić information content (AvgIpc) is 1.05. The highest BCUT2D eigenvalue weighted by molar-refractivity contribution is 6.09. The molecule has 0 atom stereocenters. The Morgan fingerprint density at radius 1 is 0.455 bits per heavy atom. The number of phenolic OH excluding ortho intramolecular Hbond substituents is 1. The highest BCUT2D eigenvalue weighted by atomic mass is 16.5. The Kier molecular flexibility index (Phi) is 21.4. The van der Waals surface area contributed by atoms with Crippen molar-refractivity contribution in [2.45, 2.75) is 13.8 Å². The Hall–Kier alpha value is -9.40. The van der Waals surface area contributed by atoms with Crippen molar-refractivity contribution in [1.29, 1.82) is 0 Å². The summed E-state index contributed by atoms with van der Waals surface area (Å²) in [5.41, 5.74) is 5.35. The van der Waals surface area contributed by atoms with E-state index in [1.165, 1.54) is 50.2 Å². The second-order valence-corrected chi connectivity index (χ2v) is 20.6. The quantitative estimate of drug-likeness (QED) is 0.0412. The number of nitrogens with zero attached hydrogens (tertiary/aromatic N) is 3. The molecule has 12 rings (SSSR count). The number of carboxylic acids is 1. The van der Waals surface area contributed by atoms with Crippen LogP contribution in [0.15, 0.2) is 137 Å². The van der Waals surface area contributed by atoms with Gasteiger partial charge in [-0.15, -0.1) is 0 Å². The number of fused-ring (bicyclic) bond motifs is 9. The molecule has 24 heteroatoms. The number of nitrogens with one attached hydrogen (secondary N) is 2. The maximum atomic E-state index is 12.5. The minimum Gasteiger partial charge on any atom is -0.508 e. The topological polar surface area (TPSA) is 322 Å². The van der Waals surface area contributed by atoms with Crippen LogP contribution in [0.25, 0.3) is 65.2 Å². The Labute approximate surface area is 501 Å². The fourth-order valence-electron chi connectivity index (χ4n) is 10.1. The van der Waals surface area contributed by atoms with E-state index in [1.54, 1.807) is 72.8 Å². The predicted octanol–water partition coefficient (Wildman–Crippen LogP) is 5.49. The number of carbonyl (C=O) groups excluding carboxylic acids is 4. The highest BCUT2D eigenvalue weighted by Crippen LogP contribution is 2.30. The number of phenols is 1. The molecule has 0 aliphatic carbocycles. The van der Waals surface area contributed by atoms with E-state index in [0.29, 0.717) is 97.4 Å². The number of benzene rings is 6. The molecule has 0 bridgehead atoms. The first-order valence-electron chi connectivity index (χ1n) is 28.5. The summed E-state index contributed by atoms with van der Waals surface area (Å²) in [7, 11) is 0. The first kappa shape index (κ1) is 63.1. The van der Waals surface area contributed by atoms with Gasteiger partial charge in [0.05, 0.1) is 61.4 Å². The average molecular weight is 1210 g/mol. The largest absolute Gasteiger partial charge is 0.508 e. The number of morpholine rings is 3. The molecule has 3 aliphatic heterocycles. The summed E-state index contributed by atoms with van der Waals surface area (Å²) in [6, 6.07) is 28.4. The van der Waals surface area contributed by atoms with Gasteiger partial charge in [0.25, 0.3) is 11.8 Å². The van der Waals surface area contributed by atoms with Crippen LogP contribution in [0.2, 0.25) is 0 Å². The maximum Gasteiger partial charge on any atom is 0.344 e. The number of nitrogens with two attached hydrogens (primary N) is 1. The first-order chi connectivity index (χ1) is 42.5. The maximum absolute atomic E-state index is 12.5. The number of amides is 2. The zero-order chi connectivity index (χ0) is 62.3. The van der Waals surface area contributed by atoms with Gasteiger partial charge in [-0.2, -0.15) is 0 Å². The van der Waals surface area contributed by atoms with Crippen LogP contribution >= 0.6 is 0 Å². The van der Waals surface area contributed by atoms with E-state index in [2.05, 4.69) is 25.3 Å². The number of hydrogen-bond acceptors (Lipinski definition) is 21. The van der Waals surface area contributed by atoms with Crippen molar-refractivity contribution < 1.29 is 71.1 Å². The number of carboxylic acid groups (broad SMARTS) is 1. The normalized spacial score (nSPS) is 14.7. The van der Waals surface area contributed by atoms with Crippen molar-refractivity contribution in [2.24, 2.45) is 5.73 Å². The number of carbonyl (C=O) groups is 5. The van der Waals surface area contributed by atoms with E-state index in [-0.39, 0.29) is 39.8 Å². The molecule has 88 heavy (non-hydrogen) atoms. The fourth-order valence-corrected chi connectivity index (χ4v) is 10.1. The second-order valence-electron chi connectivity index (χ2n) is 20.6. The lowest BCUT2D eigenvalue weighted by Crippen LogP contribution is -2.41. The third kappa shape index (κ3) is 16.4. The molecule has 24 nitrogen and oxygen atoms in total. The van der Waals surface area contributed by atoms with Gasteiger partial charge in [-0.1, -0.05) is 18.2 Å². The number of hydrogen-bond donors (Lipinski definition) is 5. The van der Waals surface area contributed by atoms with Gasteiger partial charge in [0.15, 0.2) is 0 Å². The van der Waals surface area contributed by atoms with Gasteiger partial charge in [0.2, 0.25) is 0 Å². The molecule has 0 spiro atoms.